The van der Waals surface area contributed by atoms with E-state index < -0.39 is 0 Å². The van der Waals surface area contributed by atoms with Crippen LogP contribution in [0.2, 0.25) is 0 Å². The van der Waals surface area contributed by atoms with Gasteiger partial charge in [0.25, 0.3) is 0 Å². The summed E-state index contributed by atoms with van der Waals surface area (Å²) in [6, 6.07) is 2.17. The predicted molar refractivity (Wildman–Crippen MR) is 52.2 cm³/mol. The summed E-state index contributed by atoms with van der Waals surface area (Å²) in [6.07, 6.45) is 0.581. The Morgan fingerprint density at radius 1 is 1.54 bits per heavy atom. The van der Waals surface area contributed by atoms with Gasteiger partial charge in [0.1, 0.15) is 5.78 Å². The number of carbonyl (C=O) groups is 1. The van der Waals surface area contributed by atoms with Gasteiger partial charge < -0.3 is 0 Å². The van der Waals surface area contributed by atoms with E-state index in [1.54, 1.807) is 0 Å². The second kappa shape index (κ2) is 6.62. The number of rotatable bonds is 6. The molecule has 0 fully saturated rings. The molecule has 0 spiro atoms. The molecule has 13 heavy (non-hydrogen) atoms. The first-order valence-corrected chi connectivity index (χ1v) is 4.77. The van der Waals surface area contributed by atoms with Crippen molar-refractivity contribution < 1.29 is 4.79 Å². The van der Waals surface area contributed by atoms with E-state index in [0.717, 1.165) is 6.54 Å². The van der Waals surface area contributed by atoms with Crippen molar-refractivity contribution in [2.45, 2.75) is 27.2 Å². The largest absolute Gasteiger partial charge is 0.298 e. The minimum atomic E-state index is 0.00426. The summed E-state index contributed by atoms with van der Waals surface area (Å²) in [5.41, 5.74) is 0. The van der Waals surface area contributed by atoms with E-state index in [0.29, 0.717) is 19.5 Å². The minimum Gasteiger partial charge on any atom is -0.298 e. The topological polar surface area (TPSA) is 44.1 Å². The molecule has 1 unspecified atom stereocenters. The van der Waals surface area contributed by atoms with Gasteiger partial charge in [-0.2, -0.15) is 5.26 Å². The molecule has 0 amide bonds. The second-order valence-electron chi connectivity index (χ2n) is 3.25. The summed E-state index contributed by atoms with van der Waals surface area (Å²) in [5.74, 6) is 0.247. The van der Waals surface area contributed by atoms with Gasteiger partial charge in [0.2, 0.25) is 0 Å². The second-order valence-corrected chi connectivity index (χ2v) is 3.25. The van der Waals surface area contributed by atoms with Gasteiger partial charge in [-0.25, -0.2) is 0 Å². The molecule has 0 radical (unpaired) electrons. The molecule has 0 N–H and O–H groups in total. The molecule has 0 aliphatic heterocycles. The lowest BCUT2D eigenvalue weighted by atomic mass is 10.2. The minimum absolute atomic E-state index is 0.00426. The number of Topliss-reactive ketones (excluding diaryl/α,β-unsaturated/α-hetero) is 1. The number of nitrogens with zero attached hydrogens (tertiary/aromatic N) is 2. The Hall–Kier alpha value is -0.880. The molecule has 0 saturated heterocycles. The highest BCUT2D eigenvalue weighted by atomic mass is 16.1. The van der Waals surface area contributed by atoms with Crippen LogP contribution in [0.4, 0.5) is 0 Å². The lowest BCUT2D eigenvalue weighted by Crippen LogP contribution is -2.32. The lowest BCUT2D eigenvalue weighted by Gasteiger charge is -2.19. The SMILES string of the molecule is CCC(=O)CN(CC)CC(C)C#N. The third-order valence-electron chi connectivity index (χ3n) is 1.99. The summed E-state index contributed by atoms with van der Waals surface area (Å²) >= 11 is 0. The molecule has 1 atom stereocenters. The van der Waals surface area contributed by atoms with Gasteiger partial charge >= 0.3 is 0 Å². The van der Waals surface area contributed by atoms with E-state index in [9.17, 15) is 4.79 Å². The summed E-state index contributed by atoms with van der Waals surface area (Å²) < 4.78 is 0. The monoisotopic (exact) mass is 182 g/mol. The molecule has 0 aromatic rings. The first-order valence-electron chi connectivity index (χ1n) is 4.77. The normalized spacial score (nSPS) is 12.5. The first-order chi connectivity index (χ1) is 6.13. The Balaban J connectivity index is 3.90. The number of carbonyl (C=O) groups excluding carboxylic acids is 1. The fourth-order valence-electron chi connectivity index (χ4n) is 1.09. The van der Waals surface area contributed by atoms with Crippen LogP contribution >= 0.6 is 0 Å². The van der Waals surface area contributed by atoms with Crippen molar-refractivity contribution in [3.63, 3.8) is 0 Å². The van der Waals surface area contributed by atoms with Crippen molar-refractivity contribution in [2.75, 3.05) is 19.6 Å². The van der Waals surface area contributed by atoms with Crippen molar-refractivity contribution in [3.05, 3.63) is 0 Å². The van der Waals surface area contributed by atoms with Gasteiger partial charge in [-0.3, -0.25) is 9.69 Å². The summed E-state index contributed by atoms with van der Waals surface area (Å²) in [7, 11) is 0. The van der Waals surface area contributed by atoms with E-state index in [1.165, 1.54) is 0 Å². The summed E-state index contributed by atoms with van der Waals surface area (Å²) in [5, 5.41) is 8.61. The highest BCUT2D eigenvalue weighted by molar-refractivity contribution is 5.80. The van der Waals surface area contributed by atoms with Crippen LogP contribution in [0.5, 0.6) is 0 Å². The summed E-state index contributed by atoms with van der Waals surface area (Å²) in [4.78, 5) is 13.1. The van der Waals surface area contributed by atoms with E-state index in [1.807, 2.05) is 25.7 Å². The summed E-state index contributed by atoms with van der Waals surface area (Å²) in [6.45, 7) is 7.76. The quantitative estimate of drug-likeness (QED) is 0.624. The van der Waals surface area contributed by atoms with Crippen molar-refractivity contribution in [1.82, 2.24) is 4.90 Å². The van der Waals surface area contributed by atoms with E-state index in [-0.39, 0.29) is 11.7 Å². The molecule has 0 saturated carbocycles. The molecule has 0 aliphatic carbocycles. The van der Waals surface area contributed by atoms with Crippen molar-refractivity contribution in [3.8, 4) is 6.07 Å². The number of ketones is 1. The van der Waals surface area contributed by atoms with Gasteiger partial charge in [-0.15, -0.1) is 0 Å². The standard InChI is InChI=1S/C10H18N2O/c1-4-10(13)8-12(5-2)7-9(3)6-11/h9H,4-5,7-8H2,1-3H3. The average Bonchev–Trinajstić information content (AvgIpc) is 2.16. The van der Waals surface area contributed by atoms with E-state index in [2.05, 4.69) is 6.07 Å². The van der Waals surface area contributed by atoms with Crippen LogP contribution in [-0.2, 0) is 4.79 Å². The maximum Gasteiger partial charge on any atom is 0.146 e. The Morgan fingerprint density at radius 2 is 2.15 bits per heavy atom. The van der Waals surface area contributed by atoms with Gasteiger partial charge in [-0.1, -0.05) is 13.8 Å². The zero-order valence-corrected chi connectivity index (χ0v) is 8.71. The number of hydrogen-bond donors (Lipinski definition) is 0. The Morgan fingerprint density at radius 3 is 2.54 bits per heavy atom. The van der Waals surface area contributed by atoms with Crippen LogP contribution in [0, 0.1) is 17.2 Å². The number of hydrogen-bond acceptors (Lipinski definition) is 3. The first kappa shape index (κ1) is 12.1. The molecule has 0 rings (SSSR count). The molecule has 0 aliphatic rings. The van der Waals surface area contributed by atoms with Gasteiger partial charge in [0.15, 0.2) is 0 Å². The third kappa shape index (κ3) is 5.37. The van der Waals surface area contributed by atoms with Crippen LogP contribution in [0.1, 0.15) is 27.2 Å². The molecule has 3 nitrogen and oxygen atoms in total. The maximum absolute atomic E-state index is 11.1. The van der Waals surface area contributed by atoms with Gasteiger partial charge in [-0.05, 0) is 13.5 Å². The molecule has 74 valence electrons. The number of nitriles is 1. The van der Waals surface area contributed by atoms with Crippen molar-refractivity contribution in [1.29, 1.82) is 5.26 Å². The average molecular weight is 182 g/mol. The lowest BCUT2D eigenvalue weighted by molar-refractivity contribution is -0.119. The number of likely N-dealkylation sites (N-methyl/N-ethyl adjacent to an activating group) is 1. The zero-order chi connectivity index (χ0) is 10.3. The van der Waals surface area contributed by atoms with Crippen LogP contribution in [-0.4, -0.2) is 30.3 Å². The third-order valence-corrected chi connectivity index (χ3v) is 1.99. The van der Waals surface area contributed by atoms with Gasteiger partial charge in [0, 0.05) is 13.0 Å². The molecule has 0 aromatic heterocycles. The molecule has 3 heteroatoms. The van der Waals surface area contributed by atoms with Gasteiger partial charge in [0.05, 0.1) is 18.5 Å². The smallest absolute Gasteiger partial charge is 0.146 e. The Bertz CT molecular complexity index is 196. The zero-order valence-electron chi connectivity index (χ0n) is 8.71. The maximum atomic E-state index is 11.1. The van der Waals surface area contributed by atoms with Crippen molar-refractivity contribution in [2.24, 2.45) is 5.92 Å². The predicted octanol–water partition coefficient (Wildman–Crippen LogP) is 1.45. The molecule has 0 aromatic carbocycles. The van der Waals surface area contributed by atoms with Crippen LogP contribution in [0.25, 0.3) is 0 Å². The Kier molecular flexibility index (Phi) is 6.17. The highest BCUT2D eigenvalue weighted by Crippen LogP contribution is 1.98. The molecule has 0 bridgehead atoms. The van der Waals surface area contributed by atoms with E-state index >= 15 is 0 Å². The fraction of sp³-hybridized carbons (Fsp3) is 0.800. The molecule has 0 heterocycles. The fourth-order valence-corrected chi connectivity index (χ4v) is 1.09. The molecular formula is C10H18N2O. The van der Waals surface area contributed by atoms with Crippen LogP contribution in [0.3, 0.4) is 0 Å². The van der Waals surface area contributed by atoms with Crippen molar-refractivity contribution >= 4 is 5.78 Å². The molecular weight excluding hydrogens is 164 g/mol. The Labute approximate surface area is 80.3 Å². The van der Waals surface area contributed by atoms with Crippen LogP contribution in [0.15, 0.2) is 0 Å². The van der Waals surface area contributed by atoms with E-state index in [4.69, 9.17) is 5.26 Å². The highest BCUT2D eigenvalue weighted by Gasteiger charge is 2.10. The van der Waals surface area contributed by atoms with Crippen LogP contribution < -0.4 is 0 Å².